The van der Waals surface area contributed by atoms with Crippen molar-refractivity contribution in [1.29, 1.82) is 0 Å². The van der Waals surface area contributed by atoms with E-state index in [1.807, 2.05) is 42.1 Å². The second-order valence-corrected chi connectivity index (χ2v) is 5.88. The van der Waals surface area contributed by atoms with Gasteiger partial charge in [-0.15, -0.1) is 0 Å². The van der Waals surface area contributed by atoms with Crippen LogP contribution in [0, 0.1) is 6.92 Å². The van der Waals surface area contributed by atoms with Crippen LogP contribution in [-0.4, -0.2) is 56.7 Å². The number of rotatable bonds is 3. The Morgan fingerprint density at radius 2 is 1.80 bits per heavy atom. The minimum atomic E-state index is -0.121. The Bertz CT molecular complexity index is 851. The third kappa shape index (κ3) is 3.10. The normalized spacial score (nSPS) is 14.8. The number of carbonyl (C=O) groups is 1. The van der Waals surface area contributed by atoms with Gasteiger partial charge in [-0.3, -0.25) is 4.79 Å². The molecule has 0 atom stereocenters. The molecule has 4 heterocycles. The molecule has 0 spiro atoms. The first kappa shape index (κ1) is 15.4. The Labute approximate surface area is 144 Å². The molecule has 3 aromatic rings. The topological polar surface area (TPSA) is 80.3 Å². The van der Waals surface area contributed by atoms with Gasteiger partial charge < -0.3 is 18.9 Å². The number of hydrogen-bond donors (Lipinski definition) is 0. The van der Waals surface area contributed by atoms with E-state index in [0.717, 1.165) is 17.5 Å². The average Bonchev–Trinajstić information content (AvgIpc) is 3.34. The summed E-state index contributed by atoms with van der Waals surface area (Å²) >= 11 is 0. The van der Waals surface area contributed by atoms with Crippen molar-refractivity contribution >= 4 is 11.7 Å². The maximum absolute atomic E-state index is 12.3. The van der Waals surface area contributed by atoms with Crippen molar-refractivity contribution in [3.05, 3.63) is 54.4 Å². The summed E-state index contributed by atoms with van der Waals surface area (Å²) in [5.74, 6) is 2.60. The van der Waals surface area contributed by atoms with Crippen molar-refractivity contribution in [3.8, 4) is 5.82 Å². The van der Waals surface area contributed by atoms with Crippen LogP contribution in [0.1, 0.15) is 16.4 Å². The second-order valence-electron chi connectivity index (χ2n) is 5.88. The zero-order chi connectivity index (χ0) is 17.2. The van der Waals surface area contributed by atoms with Gasteiger partial charge in [0.2, 0.25) is 5.76 Å². The molecule has 0 aromatic carbocycles. The molecule has 4 rings (SSSR count). The van der Waals surface area contributed by atoms with Gasteiger partial charge in [-0.2, -0.15) is 0 Å². The highest BCUT2D eigenvalue weighted by Crippen LogP contribution is 2.18. The number of piperazine rings is 1. The number of carbonyl (C=O) groups excluding carboxylic acids is 1. The fourth-order valence-electron chi connectivity index (χ4n) is 2.94. The Hall–Kier alpha value is -3.16. The van der Waals surface area contributed by atoms with Gasteiger partial charge in [0.25, 0.3) is 5.91 Å². The molecule has 8 nitrogen and oxygen atoms in total. The molecule has 8 heteroatoms. The third-order valence-electron chi connectivity index (χ3n) is 4.22. The Morgan fingerprint density at radius 3 is 2.48 bits per heavy atom. The summed E-state index contributed by atoms with van der Waals surface area (Å²) in [7, 11) is 0. The van der Waals surface area contributed by atoms with Crippen molar-refractivity contribution < 1.29 is 9.32 Å². The molecule has 0 radical (unpaired) electrons. The van der Waals surface area contributed by atoms with Gasteiger partial charge in [-0.05, 0) is 19.1 Å². The molecule has 1 aliphatic heterocycles. The molecule has 25 heavy (non-hydrogen) atoms. The number of anilines is 1. The minimum absolute atomic E-state index is 0.121. The van der Waals surface area contributed by atoms with Gasteiger partial charge in [-0.1, -0.05) is 5.16 Å². The molecule has 0 aliphatic carbocycles. The molecule has 0 unspecified atom stereocenters. The number of amides is 1. The van der Waals surface area contributed by atoms with E-state index in [9.17, 15) is 4.79 Å². The van der Waals surface area contributed by atoms with E-state index in [2.05, 4.69) is 20.0 Å². The molecular formula is C17H18N6O2. The van der Waals surface area contributed by atoms with Crippen LogP contribution in [0.2, 0.25) is 0 Å². The lowest BCUT2D eigenvalue weighted by atomic mass is 10.2. The van der Waals surface area contributed by atoms with Gasteiger partial charge in [0, 0.05) is 50.7 Å². The van der Waals surface area contributed by atoms with Gasteiger partial charge in [0.15, 0.2) is 0 Å². The molecule has 1 fully saturated rings. The van der Waals surface area contributed by atoms with E-state index in [0.29, 0.717) is 26.2 Å². The van der Waals surface area contributed by atoms with Crippen LogP contribution in [-0.2, 0) is 0 Å². The van der Waals surface area contributed by atoms with Crippen LogP contribution in [0.15, 0.2) is 47.4 Å². The lowest BCUT2D eigenvalue weighted by molar-refractivity contribution is 0.0704. The van der Waals surface area contributed by atoms with Crippen LogP contribution < -0.4 is 4.90 Å². The predicted octanol–water partition coefficient (Wildman–Crippen LogP) is 1.53. The lowest BCUT2D eigenvalue weighted by Gasteiger charge is -2.35. The van der Waals surface area contributed by atoms with Crippen molar-refractivity contribution in [1.82, 2.24) is 24.6 Å². The number of aromatic nitrogens is 4. The van der Waals surface area contributed by atoms with Gasteiger partial charge in [0.05, 0.1) is 6.20 Å². The highest BCUT2D eigenvalue weighted by Gasteiger charge is 2.25. The summed E-state index contributed by atoms with van der Waals surface area (Å²) in [5, 5.41) is 3.59. The standard InChI is InChI=1S/C17H18N6O2/c1-13-19-15(21-6-2-3-7-21)12-16(20-13)22-8-10-23(11-9-22)17(24)14-4-5-18-25-14/h2-7,12H,8-11H2,1H3. The summed E-state index contributed by atoms with van der Waals surface area (Å²) in [6.45, 7) is 4.53. The van der Waals surface area contributed by atoms with E-state index >= 15 is 0 Å². The quantitative estimate of drug-likeness (QED) is 0.720. The van der Waals surface area contributed by atoms with Crippen LogP contribution in [0.4, 0.5) is 5.82 Å². The highest BCUT2D eigenvalue weighted by molar-refractivity contribution is 5.91. The van der Waals surface area contributed by atoms with Crippen LogP contribution in [0.5, 0.6) is 0 Å². The van der Waals surface area contributed by atoms with Crippen molar-refractivity contribution in [2.45, 2.75) is 6.92 Å². The predicted molar refractivity (Wildman–Crippen MR) is 90.7 cm³/mol. The largest absolute Gasteiger partial charge is 0.353 e. The second kappa shape index (κ2) is 6.39. The Kier molecular flexibility index (Phi) is 3.93. The van der Waals surface area contributed by atoms with E-state index < -0.39 is 0 Å². The molecule has 0 N–H and O–H groups in total. The summed E-state index contributed by atoms with van der Waals surface area (Å²) in [4.78, 5) is 25.3. The van der Waals surface area contributed by atoms with Gasteiger partial charge in [-0.25, -0.2) is 9.97 Å². The van der Waals surface area contributed by atoms with Crippen molar-refractivity contribution in [2.24, 2.45) is 0 Å². The van der Waals surface area contributed by atoms with Crippen molar-refractivity contribution in [2.75, 3.05) is 31.1 Å². The highest BCUT2D eigenvalue weighted by atomic mass is 16.5. The number of nitrogens with zero attached hydrogens (tertiary/aromatic N) is 6. The summed E-state index contributed by atoms with van der Waals surface area (Å²) in [6, 6.07) is 7.49. The van der Waals surface area contributed by atoms with Crippen LogP contribution in [0.25, 0.3) is 5.82 Å². The zero-order valence-electron chi connectivity index (χ0n) is 13.9. The first-order chi connectivity index (χ1) is 12.2. The summed E-state index contributed by atoms with van der Waals surface area (Å²) in [6.07, 6.45) is 5.40. The van der Waals surface area contributed by atoms with Crippen molar-refractivity contribution in [3.63, 3.8) is 0 Å². The zero-order valence-corrected chi connectivity index (χ0v) is 13.9. The molecule has 1 saturated heterocycles. The monoisotopic (exact) mass is 338 g/mol. The Morgan fingerprint density at radius 1 is 1.08 bits per heavy atom. The maximum Gasteiger partial charge on any atom is 0.292 e. The molecule has 3 aromatic heterocycles. The average molecular weight is 338 g/mol. The fraction of sp³-hybridized carbons (Fsp3) is 0.294. The SMILES string of the molecule is Cc1nc(N2CCN(C(=O)c3ccno3)CC2)cc(-n2cccc2)n1. The van der Waals surface area contributed by atoms with Crippen LogP contribution >= 0.6 is 0 Å². The number of aryl methyl sites for hydroxylation is 1. The summed E-state index contributed by atoms with van der Waals surface area (Å²) in [5.41, 5.74) is 0. The van der Waals surface area contributed by atoms with Gasteiger partial charge >= 0.3 is 0 Å². The molecule has 0 saturated carbocycles. The van der Waals surface area contributed by atoms with E-state index in [4.69, 9.17) is 4.52 Å². The smallest absolute Gasteiger partial charge is 0.292 e. The summed E-state index contributed by atoms with van der Waals surface area (Å²) < 4.78 is 6.91. The fourth-order valence-corrected chi connectivity index (χ4v) is 2.94. The van der Waals surface area contributed by atoms with E-state index in [1.54, 1.807) is 11.0 Å². The molecule has 1 amide bonds. The maximum atomic E-state index is 12.3. The Balaban J connectivity index is 1.48. The van der Waals surface area contributed by atoms with Crippen LogP contribution in [0.3, 0.4) is 0 Å². The number of hydrogen-bond acceptors (Lipinski definition) is 6. The molecular weight excluding hydrogens is 320 g/mol. The van der Waals surface area contributed by atoms with Gasteiger partial charge in [0.1, 0.15) is 17.5 Å². The molecule has 1 aliphatic rings. The van der Waals surface area contributed by atoms with E-state index in [1.165, 1.54) is 6.20 Å². The first-order valence-corrected chi connectivity index (χ1v) is 8.14. The minimum Gasteiger partial charge on any atom is -0.353 e. The van der Waals surface area contributed by atoms with E-state index in [-0.39, 0.29) is 11.7 Å². The first-order valence-electron chi connectivity index (χ1n) is 8.14. The molecule has 0 bridgehead atoms. The molecule has 128 valence electrons. The lowest BCUT2D eigenvalue weighted by Crippen LogP contribution is -2.49. The third-order valence-corrected chi connectivity index (χ3v) is 4.22.